The maximum Gasteiger partial charge on any atom is 0.251 e. The number of hydrogen-bond acceptors (Lipinski definition) is 4. The first-order valence-electron chi connectivity index (χ1n) is 2.79. The van der Waals surface area contributed by atoms with Crippen LogP contribution in [0.3, 0.4) is 0 Å². The van der Waals surface area contributed by atoms with Crippen LogP contribution in [0.15, 0.2) is 12.3 Å². The Balaban J connectivity index is 2.74. The Morgan fingerprint density at radius 1 is 1.60 bits per heavy atom. The van der Waals surface area contributed by atoms with Gasteiger partial charge >= 0.3 is 0 Å². The minimum atomic E-state index is -0.794. The zero-order valence-corrected chi connectivity index (χ0v) is 5.46. The molecular formula is C6H7NO3. The van der Waals surface area contributed by atoms with Crippen LogP contribution >= 0.6 is 0 Å². The third-order valence-electron chi connectivity index (χ3n) is 1.20. The van der Waals surface area contributed by atoms with E-state index in [9.17, 15) is 9.59 Å². The molecule has 0 radical (unpaired) electrons. The molecule has 4 heteroatoms. The van der Waals surface area contributed by atoms with Crippen molar-refractivity contribution in [2.45, 2.75) is 6.23 Å². The van der Waals surface area contributed by atoms with Gasteiger partial charge in [0.1, 0.15) is 0 Å². The van der Waals surface area contributed by atoms with Crippen molar-refractivity contribution in [1.29, 1.82) is 0 Å². The van der Waals surface area contributed by atoms with E-state index in [1.165, 1.54) is 19.4 Å². The summed E-state index contributed by atoms with van der Waals surface area (Å²) in [6, 6.07) is 0. The van der Waals surface area contributed by atoms with E-state index in [1.807, 2.05) is 0 Å². The number of carbonyl (C=O) groups is 2. The predicted molar refractivity (Wildman–Crippen MR) is 33.1 cm³/mol. The van der Waals surface area contributed by atoms with Gasteiger partial charge < -0.3 is 10.1 Å². The zero-order valence-electron chi connectivity index (χ0n) is 5.46. The van der Waals surface area contributed by atoms with Crippen LogP contribution in [0.1, 0.15) is 0 Å². The smallest absolute Gasteiger partial charge is 0.251 e. The van der Waals surface area contributed by atoms with Crippen molar-refractivity contribution in [3.05, 3.63) is 12.3 Å². The summed E-state index contributed by atoms with van der Waals surface area (Å²) in [6.07, 6.45) is 1.79. The number of allylic oxidation sites excluding steroid dienone is 1. The van der Waals surface area contributed by atoms with Gasteiger partial charge in [-0.3, -0.25) is 9.59 Å². The number of nitrogens with one attached hydrogen (secondary N) is 1. The Hall–Kier alpha value is -1.16. The standard InChI is InChI=1S/C6H7NO3/c1-10-6-5(9)4(8)2-3-7-6/h2-3,6-7H,1H3/t6-/m0/s1. The lowest BCUT2D eigenvalue weighted by Crippen LogP contribution is -2.42. The van der Waals surface area contributed by atoms with E-state index in [1.54, 1.807) is 0 Å². The second-order valence-corrected chi connectivity index (χ2v) is 1.84. The number of carbonyl (C=O) groups excluding carboxylic acids is 2. The monoisotopic (exact) mass is 141 g/mol. The average molecular weight is 141 g/mol. The van der Waals surface area contributed by atoms with E-state index in [4.69, 9.17) is 0 Å². The maximum absolute atomic E-state index is 10.8. The molecule has 0 saturated heterocycles. The molecule has 0 aromatic rings. The van der Waals surface area contributed by atoms with Gasteiger partial charge in [-0.1, -0.05) is 0 Å². The van der Waals surface area contributed by atoms with Crippen molar-refractivity contribution in [3.8, 4) is 0 Å². The number of rotatable bonds is 1. The summed E-state index contributed by atoms with van der Waals surface area (Å²) in [4.78, 5) is 21.4. The molecule has 0 aromatic heterocycles. The van der Waals surface area contributed by atoms with Gasteiger partial charge in [-0.15, -0.1) is 0 Å². The predicted octanol–water partition coefficient (Wildman–Crippen LogP) is -0.786. The van der Waals surface area contributed by atoms with Gasteiger partial charge in [0, 0.05) is 19.4 Å². The molecule has 0 fully saturated rings. The summed E-state index contributed by atoms with van der Waals surface area (Å²) in [6.45, 7) is 0. The Bertz CT molecular complexity index is 197. The van der Waals surface area contributed by atoms with Gasteiger partial charge in [-0.25, -0.2) is 0 Å². The molecule has 1 heterocycles. The third kappa shape index (κ3) is 1.06. The normalized spacial score (nSPS) is 24.7. The molecule has 1 aliphatic heterocycles. The Morgan fingerprint density at radius 2 is 2.30 bits per heavy atom. The minimum Gasteiger partial charge on any atom is -0.360 e. The van der Waals surface area contributed by atoms with Crippen molar-refractivity contribution in [1.82, 2.24) is 5.32 Å². The van der Waals surface area contributed by atoms with Crippen LogP contribution in [0, 0.1) is 0 Å². The molecule has 0 unspecified atom stereocenters. The van der Waals surface area contributed by atoms with Gasteiger partial charge in [-0.05, 0) is 0 Å². The van der Waals surface area contributed by atoms with Gasteiger partial charge in [0.2, 0.25) is 5.78 Å². The number of ketones is 2. The molecule has 0 aliphatic carbocycles. The van der Waals surface area contributed by atoms with Crippen molar-refractivity contribution in [3.63, 3.8) is 0 Å². The summed E-state index contributed by atoms with van der Waals surface area (Å²) in [5, 5.41) is 2.58. The molecule has 4 nitrogen and oxygen atoms in total. The van der Waals surface area contributed by atoms with E-state index < -0.39 is 17.8 Å². The molecule has 0 amide bonds. The number of ether oxygens (including phenoxy) is 1. The number of hydrogen-bond donors (Lipinski definition) is 1. The molecule has 0 aromatic carbocycles. The van der Waals surface area contributed by atoms with Gasteiger partial charge in [-0.2, -0.15) is 0 Å². The second kappa shape index (κ2) is 2.62. The molecule has 0 saturated carbocycles. The van der Waals surface area contributed by atoms with Crippen molar-refractivity contribution in [2.75, 3.05) is 7.11 Å². The number of Topliss-reactive ketones (excluding diaryl/α,β-unsaturated/α-hetero) is 1. The molecule has 0 spiro atoms. The average Bonchev–Trinajstić information content (AvgIpc) is 1.95. The Morgan fingerprint density at radius 3 is 2.80 bits per heavy atom. The molecule has 1 rings (SSSR count). The molecule has 54 valence electrons. The topological polar surface area (TPSA) is 55.4 Å². The molecule has 10 heavy (non-hydrogen) atoms. The van der Waals surface area contributed by atoms with Crippen LogP contribution in [0.5, 0.6) is 0 Å². The summed E-state index contributed by atoms with van der Waals surface area (Å²) >= 11 is 0. The Kier molecular flexibility index (Phi) is 1.82. The largest absolute Gasteiger partial charge is 0.360 e. The van der Waals surface area contributed by atoms with E-state index in [0.29, 0.717) is 0 Å². The van der Waals surface area contributed by atoms with E-state index in [2.05, 4.69) is 10.1 Å². The van der Waals surface area contributed by atoms with Gasteiger partial charge in [0.25, 0.3) is 5.78 Å². The first-order chi connectivity index (χ1) is 4.75. The molecule has 1 N–H and O–H groups in total. The van der Waals surface area contributed by atoms with Crippen LogP contribution < -0.4 is 5.32 Å². The van der Waals surface area contributed by atoms with Gasteiger partial charge in [0.15, 0.2) is 6.23 Å². The van der Waals surface area contributed by atoms with E-state index in [0.717, 1.165) is 0 Å². The first-order valence-corrected chi connectivity index (χ1v) is 2.79. The highest BCUT2D eigenvalue weighted by atomic mass is 16.5. The second-order valence-electron chi connectivity index (χ2n) is 1.84. The van der Waals surface area contributed by atoms with Gasteiger partial charge in [0.05, 0.1) is 0 Å². The van der Waals surface area contributed by atoms with E-state index >= 15 is 0 Å². The molecule has 0 bridgehead atoms. The van der Waals surface area contributed by atoms with Crippen LogP contribution in [0.2, 0.25) is 0 Å². The van der Waals surface area contributed by atoms with Crippen molar-refractivity contribution >= 4 is 11.6 Å². The fourth-order valence-electron chi connectivity index (χ4n) is 0.673. The van der Waals surface area contributed by atoms with Crippen molar-refractivity contribution in [2.24, 2.45) is 0 Å². The first kappa shape index (κ1) is 6.95. The molecular weight excluding hydrogens is 134 g/mol. The highest BCUT2D eigenvalue weighted by Crippen LogP contribution is 1.95. The minimum absolute atomic E-state index is 0.523. The lowest BCUT2D eigenvalue weighted by molar-refractivity contribution is -0.141. The van der Waals surface area contributed by atoms with Crippen LogP contribution in [-0.2, 0) is 14.3 Å². The quantitative estimate of drug-likeness (QED) is 0.486. The lowest BCUT2D eigenvalue weighted by Gasteiger charge is -2.15. The SMILES string of the molecule is CO[C@@H]1NC=CC(=O)C1=O. The fraction of sp³-hybridized carbons (Fsp3) is 0.333. The molecule has 1 aliphatic rings. The highest BCUT2D eigenvalue weighted by Gasteiger charge is 2.24. The third-order valence-corrected chi connectivity index (χ3v) is 1.20. The summed E-state index contributed by atoms with van der Waals surface area (Å²) in [7, 11) is 1.36. The lowest BCUT2D eigenvalue weighted by atomic mass is 10.2. The maximum atomic E-state index is 10.8. The van der Waals surface area contributed by atoms with E-state index in [-0.39, 0.29) is 0 Å². The number of methoxy groups -OCH3 is 1. The summed E-state index contributed by atoms with van der Waals surface area (Å²) in [5.41, 5.74) is 0. The summed E-state index contributed by atoms with van der Waals surface area (Å²) in [5.74, 6) is -1.07. The highest BCUT2D eigenvalue weighted by molar-refractivity contribution is 6.43. The van der Waals surface area contributed by atoms with Crippen LogP contribution in [0.4, 0.5) is 0 Å². The van der Waals surface area contributed by atoms with Crippen molar-refractivity contribution < 1.29 is 14.3 Å². The van der Waals surface area contributed by atoms with Crippen LogP contribution in [-0.4, -0.2) is 24.9 Å². The zero-order chi connectivity index (χ0) is 7.56. The fourth-order valence-corrected chi connectivity index (χ4v) is 0.673. The van der Waals surface area contributed by atoms with Crippen LogP contribution in [0.25, 0.3) is 0 Å². The summed E-state index contributed by atoms with van der Waals surface area (Å²) < 4.78 is 4.64. The molecule has 1 atom stereocenters. The Labute approximate surface area is 57.9 Å².